The molecule has 1 saturated heterocycles. The molecule has 0 radical (unpaired) electrons. The van der Waals surface area contributed by atoms with Crippen LogP contribution in [-0.4, -0.2) is 48.0 Å². The van der Waals surface area contributed by atoms with Gasteiger partial charge < -0.3 is 10.2 Å². The first-order valence-corrected chi connectivity index (χ1v) is 9.09. The van der Waals surface area contributed by atoms with Crippen molar-refractivity contribution in [2.75, 3.05) is 31.9 Å². The summed E-state index contributed by atoms with van der Waals surface area (Å²) in [7, 11) is 0. The number of nitrogens with zero attached hydrogens (tertiary/aromatic N) is 2. The highest BCUT2D eigenvalue weighted by atomic mass is 35.5. The second-order valence-electron chi connectivity index (χ2n) is 5.93. The molecular weight excluding hydrogens is 349 g/mol. The molecular formula is C17H27Cl2N3S. The lowest BCUT2D eigenvalue weighted by atomic mass is 10.1. The van der Waals surface area contributed by atoms with Crippen LogP contribution in [0.5, 0.6) is 0 Å². The number of benzene rings is 1. The monoisotopic (exact) mass is 375 g/mol. The lowest BCUT2D eigenvalue weighted by Gasteiger charge is -2.26. The van der Waals surface area contributed by atoms with Crippen LogP contribution in [0.4, 0.5) is 0 Å². The molecule has 3 nitrogen and oxygen atoms in total. The van der Waals surface area contributed by atoms with Crippen LogP contribution >= 0.6 is 36.6 Å². The normalized spacial score (nSPS) is 20.9. The number of rotatable bonds is 5. The van der Waals surface area contributed by atoms with Gasteiger partial charge in [-0.15, -0.1) is 24.8 Å². The number of likely N-dealkylation sites (tertiary alicyclic amines) is 1. The predicted octanol–water partition coefficient (Wildman–Crippen LogP) is 3.62. The van der Waals surface area contributed by atoms with Crippen molar-refractivity contribution in [2.24, 2.45) is 4.99 Å². The molecule has 1 aromatic carbocycles. The quantitative estimate of drug-likeness (QED) is 0.851. The first-order chi connectivity index (χ1) is 10.4. The Morgan fingerprint density at radius 1 is 1.09 bits per heavy atom. The molecule has 2 aliphatic rings. The second kappa shape index (κ2) is 11.2. The average molecular weight is 376 g/mol. The Bertz CT molecular complexity index is 464. The first kappa shape index (κ1) is 20.6. The van der Waals surface area contributed by atoms with E-state index in [1.54, 1.807) is 0 Å². The van der Waals surface area contributed by atoms with Gasteiger partial charge in [0.25, 0.3) is 0 Å². The molecule has 0 spiro atoms. The van der Waals surface area contributed by atoms with E-state index in [1.165, 1.54) is 44.5 Å². The molecule has 0 saturated carbocycles. The molecule has 2 aliphatic heterocycles. The smallest absolute Gasteiger partial charge is 0.156 e. The van der Waals surface area contributed by atoms with E-state index in [1.807, 2.05) is 11.8 Å². The lowest BCUT2D eigenvalue weighted by Crippen LogP contribution is -2.33. The molecule has 1 aromatic rings. The van der Waals surface area contributed by atoms with Crippen LogP contribution in [0.3, 0.4) is 0 Å². The lowest BCUT2D eigenvalue weighted by molar-refractivity contribution is 0.242. The molecule has 1 N–H and O–H groups in total. The number of thioether (sulfide) groups is 1. The van der Waals surface area contributed by atoms with Gasteiger partial charge in [0.1, 0.15) is 0 Å². The molecule has 23 heavy (non-hydrogen) atoms. The molecule has 3 rings (SSSR count). The Kier molecular flexibility index (Phi) is 10.0. The third-order valence-electron chi connectivity index (χ3n) is 4.20. The summed E-state index contributed by atoms with van der Waals surface area (Å²) in [6.45, 7) is 4.70. The van der Waals surface area contributed by atoms with Crippen molar-refractivity contribution in [2.45, 2.75) is 31.7 Å². The van der Waals surface area contributed by atoms with Crippen LogP contribution in [0.25, 0.3) is 0 Å². The Morgan fingerprint density at radius 3 is 2.57 bits per heavy atom. The summed E-state index contributed by atoms with van der Waals surface area (Å²) in [5.74, 6) is 1.16. The fraction of sp³-hybridized carbons (Fsp3) is 0.588. The standard InChI is InChI=1S/C17H25N3S.2ClH/c1-3-7-15(8-4-1)13-16-14-18-17(19-16)21-12-11-20-9-5-2-6-10-20;;/h1,3-4,7-8,16H,2,5-6,9-14H2,(H,18,19);2*1H. The van der Waals surface area contributed by atoms with E-state index in [0.717, 1.165) is 23.9 Å². The third-order valence-corrected chi connectivity index (χ3v) is 5.11. The summed E-state index contributed by atoms with van der Waals surface area (Å²) in [5.41, 5.74) is 1.39. The van der Waals surface area contributed by atoms with Gasteiger partial charge in [-0.05, 0) is 37.9 Å². The number of aliphatic imine (C=N–C) groups is 1. The molecule has 0 bridgehead atoms. The minimum Gasteiger partial charge on any atom is -0.360 e. The van der Waals surface area contributed by atoms with Crippen LogP contribution in [0.15, 0.2) is 35.3 Å². The van der Waals surface area contributed by atoms with Crippen molar-refractivity contribution >= 4 is 41.7 Å². The predicted molar refractivity (Wildman–Crippen MR) is 107 cm³/mol. The largest absolute Gasteiger partial charge is 0.360 e. The van der Waals surface area contributed by atoms with Gasteiger partial charge in [-0.3, -0.25) is 4.99 Å². The minimum atomic E-state index is 0. The fourth-order valence-corrected chi connectivity index (χ4v) is 3.97. The van der Waals surface area contributed by atoms with Gasteiger partial charge >= 0.3 is 0 Å². The van der Waals surface area contributed by atoms with Crippen LogP contribution in [0.2, 0.25) is 0 Å². The highest BCUT2D eigenvalue weighted by Gasteiger charge is 2.18. The summed E-state index contributed by atoms with van der Waals surface area (Å²) in [6, 6.07) is 11.2. The number of amidine groups is 1. The van der Waals surface area contributed by atoms with Crippen molar-refractivity contribution < 1.29 is 0 Å². The topological polar surface area (TPSA) is 27.6 Å². The van der Waals surface area contributed by atoms with E-state index in [4.69, 9.17) is 0 Å². The van der Waals surface area contributed by atoms with Gasteiger partial charge in [0, 0.05) is 12.3 Å². The molecule has 2 heterocycles. The van der Waals surface area contributed by atoms with Crippen LogP contribution < -0.4 is 5.32 Å². The Morgan fingerprint density at radius 2 is 1.83 bits per heavy atom. The molecule has 0 amide bonds. The molecule has 6 heteroatoms. The first-order valence-electron chi connectivity index (χ1n) is 8.10. The van der Waals surface area contributed by atoms with Crippen LogP contribution in [-0.2, 0) is 6.42 Å². The molecule has 1 unspecified atom stereocenters. The maximum Gasteiger partial charge on any atom is 0.156 e. The van der Waals surface area contributed by atoms with Crippen LogP contribution in [0.1, 0.15) is 24.8 Å². The highest BCUT2D eigenvalue weighted by molar-refractivity contribution is 8.13. The van der Waals surface area contributed by atoms with E-state index in [0.29, 0.717) is 6.04 Å². The van der Waals surface area contributed by atoms with E-state index >= 15 is 0 Å². The summed E-state index contributed by atoms with van der Waals surface area (Å²) < 4.78 is 0. The maximum atomic E-state index is 4.65. The number of nitrogens with one attached hydrogen (secondary N) is 1. The molecule has 1 fully saturated rings. The molecule has 0 aromatic heterocycles. The van der Waals surface area contributed by atoms with Crippen molar-refractivity contribution in [1.29, 1.82) is 0 Å². The van der Waals surface area contributed by atoms with Gasteiger partial charge in [0.05, 0.1) is 12.6 Å². The summed E-state index contributed by atoms with van der Waals surface area (Å²) in [5, 5.41) is 4.72. The Labute approximate surface area is 156 Å². The van der Waals surface area contributed by atoms with Crippen molar-refractivity contribution in [3.63, 3.8) is 0 Å². The summed E-state index contributed by atoms with van der Waals surface area (Å²) in [6.07, 6.45) is 5.24. The zero-order valence-electron chi connectivity index (χ0n) is 13.4. The van der Waals surface area contributed by atoms with Gasteiger partial charge in [0.15, 0.2) is 5.17 Å². The summed E-state index contributed by atoms with van der Waals surface area (Å²) >= 11 is 1.89. The highest BCUT2D eigenvalue weighted by Crippen LogP contribution is 2.14. The van der Waals surface area contributed by atoms with Gasteiger partial charge in [0.2, 0.25) is 0 Å². The fourth-order valence-electron chi connectivity index (χ4n) is 3.01. The second-order valence-corrected chi connectivity index (χ2v) is 7.01. The molecule has 1 atom stereocenters. The van der Waals surface area contributed by atoms with Gasteiger partial charge in [-0.25, -0.2) is 0 Å². The van der Waals surface area contributed by atoms with E-state index in [2.05, 4.69) is 45.5 Å². The summed E-state index contributed by atoms with van der Waals surface area (Å²) in [4.78, 5) is 7.24. The Balaban J connectivity index is 0.00000132. The van der Waals surface area contributed by atoms with Gasteiger partial charge in [-0.2, -0.15) is 0 Å². The van der Waals surface area contributed by atoms with Crippen molar-refractivity contribution in [3.8, 4) is 0 Å². The van der Waals surface area contributed by atoms with Crippen molar-refractivity contribution in [1.82, 2.24) is 10.2 Å². The van der Waals surface area contributed by atoms with Gasteiger partial charge in [-0.1, -0.05) is 48.5 Å². The number of halogens is 2. The minimum absolute atomic E-state index is 0. The number of piperidine rings is 1. The zero-order valence-corrected chi connectivity index (χ0v) is 15.9. The Hall–Kier alpha value is -0.420. The zero-order chi connectivity index (χ0) is 14.3. The SMILES string of the molecule is Cl.Cl.c1ccc(CC2CN=C(SCCN3CCCCC3)N2)cc1. The maximum absolute atomic E-state index is 4.65. The average Bonchev–Trinajstić information content (AvgIpc) is 2.97. The number of hydrogen-bond donors (Lipinski definition) is 1. The van der Waals surface area contributed by atoms with E-state index in [9.17, 15) is 0 Å². The number of hydrogen-bond acceptors (Lipinski definition) is 4. The van der Waals surface area contributed by atoms with Crippen molar-refractivity contribution in [3.05, 3.63) is 35.9 Å². The molecule has 130 valence electrons. The third kappa shape index (κ3) is 6.92. The molecule has 0 aliphatic carbocycles. The van der Waals surface area contributed by atoms with E-state index in [-0.39, 0.29) is 24.8 Å². The van der Waals surface area contributed by atoms with Crippen LogP contribution in [0, 0.1) is 0 Å². The van der Waals surface area contributed by atoms with E-state index < -0.39 is 0 Å².